The van der Waals surface area contributed by atoms with Crippen LogP contribution in [0.1, 0.15) is 54.9 Å². The molecule has 7 heteroatoms. The maximum absolute atomic E-state index is 11.7. The minimum Gasteiger partial charge on any atom is -0.508 e. The third kappa shape index (κ3) is 6.73. The number of benzene rings is 2. The minimum atomic E-state index is -0.846. The number of unbranched alkanes of at least 4 members (excludes halogenated alkanes) is 1. The molecular formula is C23H31NO6. The van der Waals surface area contributed by atoms with Crippen molar-refractivity contribution < 1.29 is 30.3 Å². The van der Waals surface area contributed by atoms with E-state index in [-0.39, 0.29) is 24.0 Å². The van der Waals surface area contributed by atoms with Crippen molar-refractivity contribution in [3.63, 3.8) is 0 Å². The van der Waals surface area contributed by atoms with Gasteiger partial charge in [-0.1, -0.05) is 31.5 Å². The fourth-order valence-corrected chi connectivity index (χ4v) is 3.54. The van der Waals surface area contributed by atoms with Gasteiger partial charge in [0.15, 0.2) is 0 Å². The maximum Gasteiger partial charge on any atom is 0.307 e. The highest BCUT2D eigenvalue weighted by Crippen LogP contribution is 2.30. The second kappa shape index (κ2) is 11.5. The summed E-state index contributed by atoms with van der Waals surface area (Å²) in [6.07, 6.45) is 1.24. The van der Waals surface area contributed by atoms with Gasteiger partial charge in [0.25, 0.3) is 0 Å². The van der Waals surface area contributed by atoms with Gasteiger partial charge in [-0.05, 0) is 60.7 Å². The molecule has 0 saturated heterocycles. The highest BCUT2D eigenvalue weighted by molar-refractivity contribution is 5.71. The maximum atomic E-state index is 11.7. The third-order valence-corrected chi connectivity index (χ3v) is 5.43. The summed E-state index contributed by atoms with van der Waals surface area (Å²) in [6.45, 7) is 2.51. The molecule has 2 aromatic rings. The molecule has 0 amide bonds. The first-order valence-corrected chi connectivity index (χ1v) is 10.2. The van der Waals surface area contributed by atoms with Crippen LogP contribution in [0.4, 0.5) is 0 Å². The Balaban J connectivity index is 1.76. The minimum absolute atomic E-state index is 0.00524. The van der Waals surface area contributed by atoms with Gasteiger partial charge in [0.2, 0.25) is 0 Å². The topological polar surface area (TPSA) is 130 Å². The molecule has 0 aliphatic carbocycles. The van der Waals surface area contributed by atoms with Gasteiger partial charge in [0, 0.05) is 12.1 Å². The van der Waals surface area contributed by atoms with E-state index in [0.717, 1.165) is 18.4 Å². The van der Waals surface area contributed by atoms with Crippen molar-refractivity contribution in [3.05, 3.63) is 59.2 Å². The highest BCUT2D eigenvalue weighted by atomic mass is 16.4. The van der Waals surface area contributed by atoms with Crippen molar-refractivity contribution in [3.8, 4) is 11.5 Å². The summed E-state index contributed by atoms with van der Waals surface area (Å²) in [5, 5.41) is 51.4. The number of phenolic OH excluding ortho intramolecular Hbond substituents is 1. The standard InChI is InChI=1S/C23H31NO6/c1-15(16-5-4-6-19(26)12-16)20(23(29)30)7-2-3-10-24-13-22(28)17-8-9-21(27)18(11-17)14-25/h4-6,8-9,11-12,15,20,22,24-28H,2-3,7,10,13-14H2,1H3,(H,29,30). The molecule has 0 saturated carbocycles. The van der Waals surface area contributed by atoms with Crippen LogP contribution in [0, 0.1) is 5.92 Å². The van der Waals surface area contributed by atoms with Gasteiger partial charge in [0.1, 0.15) is 11.5 Å². The average molecular weight is 418 g/mol. The van der Waals surface area contributed by atoms with Gasteiger partial charge >= 0.3 is 5.97 Å². The Bertz CT molecular complexity index is 825. The lowest BCUT2D eigenvalue weighted by Crippen LogP contribution is -2.24. The predicted molar refractivity (Wildman–Crippen MR) is 113 cm³/mol. The van der Waals surface area contributed by atoms with E-state index < -0.39 is 18.0 Å². The van der Waals surface area contributed by atoms with Crippen LogP contribution in [0.25, 0.3) is 0 Å². The molecule has 0 heterocycles. The van der Waals surface area contributed by atoms with Gasteiger partial charge < -0.3 is 30.8 Å². The van der Waals surface area contributed by atoms with Gasteiger partial charge in [-0.2, -0.15) is 0 Å². The van der Waals surface area contributed by atoms with E-state index in [0.29, 0.717) is 30.6 Å². The lowest BCUT2D eigenvalue weighted by Gasteiger charge is -2.21. The Morgan fingerprint density at radius 3 is 2.50 bits per heavy atom. The van der Waals surface area contributed by atoms with Crippen molar-refractivity contribution in [2.75, 3.05) is 13.1 Å². The molecule has 7 nitrogen and oxygen atoms in total. The van der Waals surface area contributed by atoms with E-state index in [4.69, 9.17) is 0 Å². The van der Waals surface area contributed by atoms with Gasteiger partial charge in [-0.15, -0.1) is 0 Å². The van der Waals surface area contributed by atoms with E-state index in [1.54, 1.807) is 30.3 Å². The fourth-order valence-electron chi connectivity index (χ4n) is 3.54. The first kappa shape index (κ1) is 23.7. The summed E-state index contributed by atoms with van der Waals surface area (Å²) in [4.78, 5) is 11.7. The molecule has 0 radical (unpaired) electrons. The van der Waals surface area contributed by atoms with Crippen molar-refractivity contribution in [2.45, 2.75) is 44.8 Å². The van der Waals surface area contributed by atoms with Crippen LogP contribution in [0.3, 0.4) is 0 Å². The smallest absolute Gasteiger partial charge is 0.307 e. The monoisotopic (exact) mass is 417 g/mol. The molecule has 0 aliphatic rings. The fraction of sp³-hybridized carbons (Fsp3) is 0.435. The van der Waals surface area contributed by atoms with Crippen LogP contribution in [-0.2, 0) is 11.4 Å². The molecule has 0 aliphatic heterocycles. The van der Waals surface area contributed by atoms with E-state index in [1.807, 2.05) is 13.0 Å². The number of carboxylic acids is 1. The lowest BCUT2D eigenvalue weighted by atomic mass is 9.84. The quantitative estimate of drug-likeness (QED) is 0.293. The summed E-state index contributed by atoms with van der Waals surface area (Å²) in [5.74, 6) is -1.47. The predicted octanol–water partition coefficient (Wildman–Crippen LogP) is 2.89. The highest BCUT2D eigenvalue weighted by Gasteiger charge is 2.25. The molecule has 2 rings (SSSR count). The molecule has 3 unspecified atom stereocenters. The Morgan fingerprint density at radius 2 is 1.83 bits per heavy atom. The van der Waals surface area contributed by atoms with Gasteiger partial charge in [0.05, 0.1) is 18.6 Å². The molecule has 2 aromatic carbocycles. The molecule has 3 atom stereocenters. The lowest BCUT2D eigenvalue weighted by molar-refractivity contribution is -0.142. The van der Waals surface area contributed by atoms with Crippen molar-refractivity contribution in [2.24, 2.45) is 5.92 Å². The van der Waals surface area contributed by atoms with E-state index >= 15 is 0 Å². The van der Waals surface area contributed by atoms with E-state index in [1.165, 1.54) is 6.07 Å². The number of aliphatic hydroxyl groups is 2. The molecule has 0 fully saturated rings. The van der Waals surface area contributed by atoms with Crippen LogP contribution in [0.15, 0.2) is 42.5 Å². The number of aliphatic carboxylic acids is 1. The van der Waals surface area contributed by atoms with Gasteiger partial charge in [-0.25, -0.2) is 0 Å². The zero-order valence-electron chi connectivity index (χ0n) is 17.2. The second-order valence-electron chi connectivity index (χ2n) is 7.59. The van der Waals surface area contributed by atoms with Crippen LogP contribution in [-0.4, -0.2) is 44.6 Å². The Morgan fingerprint density at radius 1 is 1.07 bits per heavy atom. The molecule has 0 spiro atoms. The molecule has 30 heavy (non-hydrogen) atoms. The van der Waals surface area contributed by atoms with Gasteiger partial charge in [-0.3, -0.25) is 4.79 Å². The Labute approximate surface area is 176 Å². The third-order valence-electron chi connectivity index (χ3n) is 5.43. The number of hydrogen-bond acceptors (Lipinski definition) is 6. The van der Waals surface area contributed by atoms with Crippen molar-refractivity contribution in [1.82, 2.24) is 5.32 Å². The Hall–Kier alpha value is -2.61. The molecular weight excluding hydrogens is 386 g/mol. The molecule has 0 aromatic heterocycles. The van der Waals surface area contributed by atoms with E-state index in [2.05, 4.69) is 5.32 Å². The first-order valence-electron chi connectivity index (χ1n) is 10.2. The molecule has 6 N–H and O–H groups in total. The first-order chi connectivity index (χ1) is 14.3. The van der Waals surface area contributed by atoms with Crippen molar-refractivity contribution >= 4 is 5.97 Å². The normalized spacial score (nSPS) is 14.2. The zero-order valence-corrected chi connectivity index (χ0v) is 17.2. The summed E-state index contributed by atoms with van der Waals surface area (Å²) >= 11 is 0. The Kier molecular flexibility index (Phi) is 9.11. The summed E-state index contributed by atoms with van der Waals surface area (Å²) in [6, 6.07) is 11.3. The summed E-state index contributed by atoms with van der Waals surface area (Å²) in [7, 11) is 0. The number of aliphatic hydroxyl groups excluding tert-OH is 2. The SMILES string of the molecule is CC(c1cccc(O)c1)C(CCCCNCC(O)c1ccc(O)c(CO)c1)C(=O)O. The summed E-state index contributed by atoms with van der Waals surface area (Å²) in [5.41, 5.74) is 1.78. The van der Waals surface area contributed by atoms with E-state index in [9.17, 15) is 30.3 Å². The van der Waals surface area contributed by atoms with Crippen LogP contribution in [0.2, 0.25) is 0 Å². The second-order valence-corrected chi connectivity index (χ2v) is 7.59. The zero-order chi connectivity index (χ0) is 22.1. The van der Waals surface area contributed by atoms with Crippen LogP contribution < -0.4 is 5.32 Å². The molecule has 0 bridgehead atoms. The van der Waals surface area contributed by atoms with Crippen LogP contribution >= 0.6 is 0 Å². The number of aromatic hydroxyl groups is 2. The van der Waals surface area contributed by atoms with Crippen molar-refractivity contribution in [1.29, 1.82) is 0 Å². The largest absolute Gasteiger partial charge is 0.508 e. The number of carboxylic acid groups (broad SMARTS) is 1. The van der Waals surface area contributed by atoms with Crippen LogP contribution in [0.5, 0.6) is 11.5 Å². The number of carbonyl (C=O) groups is 1. The number of rotatable bonds is 12. The number of phenols is 2. The number of nitrogens with one attached hydrogen (secondary N) is 1. The molecule has 164 valence electrons. The summed E-state index contributed by atoms with van der Waals surface area (Å²) < 4.78 is 0. The number of hydrogen-bond donors (Lipinski definition) is 6. The average Bonchev–Trinajstić information content (AvgIpc) is 2.72.